The Bertz CT molecular complexity index is 261. The molecule has 0 aliphatic rings. The van der Waals surface area contributed by atoms with Gasteiger partial charge in [0.05, 0.1) is 18.7 Å². The van der Waals surface area contributed by atoms with Crippen molar-refractivity contribution in [3.63, 3.8) is 0 Å². The Morgan fingerprint density at radius 2 is 2.17 bits per heavy atom. The monoisotopic (exact) mass is 186 g/mol. The van der Waals surface area contributed by atoms with Gasteiger partial charge in [0.25, 0.3) is 0 Å². The van der Waals surface area contributed by atoms with Crippen LogP contribution in [0.5, 0.6) is 11.5 Å². The molecule has 0 aliphatic heterocycles. The Kier molecular flexibility index (Phi) is 3.23. The first kappa shape index (κ1) is 9.20. The number of hydrogen-bond donors (Lipinski definition) is 0. The summed E-state index contributed by atoms with van der Waals surface area (Å²) in [5.41, 5.74) is 0. The number of ether oxygens (including phenoxy) is 2. The summed E-state index contributed by atoms with van der Waals surface area (Å²) in [6.07, 6.45) is 0. The highest BCUT2D eigenvalue weighted by molar-refractivity contribution is 6.32. The fourth-order valence-corrected chi connectivity index (χ4v) is 1.11. The van der Waals surface area contributed by atoms with Crippen molar-refractivity contribution in [1.29, 1.82) is 0 Å². The summed E-state index contributed by atoms with van der Waals surface area (Å²) in [5.74, 6) is 1.43. The molecule has 0 fully saturated rings. The first-order valence-electron chi connectivity index (χ1n) is 3.74. The van der Waals surface area contributed by atoms with E-state index in [0.29, 0.717) is 17.4 Å². The smallest absolute Gasteiger partial charge is 0.138 e. The molecule has 0 spiro atoms. The molecule has 0 heterocycles. The zero-order valence-electron chi connectivity index (χ0n) is 7.13. The highest BCUT2D eigenvalue weighted by Crippen LogP contribution is 2.28. The van der Waals surface area contributed by atoms with Crippen molar-refractivity contribution in [3.05, 3.63) is 23.2 Å². The average molecular weight is 187 g/mol. The Balaban J connectivity index is 2.87. The van der Waals surface area contributed by atoms with Gasteiger partial charge in [0.1, 0.15) is 11.5 Å². The third-order valence-electron chi connectivity index (χ3n) is 1.44. The van der Waals surface area contributed by atoms with Crippen LogP contribution >= 0.6 is 11.6 Å². The molecule has 0 radical (unpaired) electrons. The summed E-state index contributed by atoms with van der Waals surface area (Å²) in [6.45, 7) is 2.53. The average Bonchev–Trinajstić information content (AvgIpc) is 2.09. The van der Waals surface area contributed by atoms with Gasteiger partial charge in [-0.2, -0.15) is 0 Å². The van der Waals surface area contributed by atoms with Gasteiger partial charge in [-0.1, -0.05) is 11.6 Å². The van der Waals surface area contributed by atoms with Crippen LogP contribution in [0.2, 0.25) is 5.02 Å². The number of hydrogen-bond acceptors (Lipinski definition) is 2. The summed E-state index contributed by atoms with van der Waals surface area (Å²) in [7, 11) is 1.60. The van der Waals surface area contributed by atoms with Gasteiger partial charge in [0.15, 0.2) is 0 Å². The van der Waals surface area contributed by atoms with Gasteiger partial charge in [-0.25, -0.2) is 0 Å². The van der Waals surface area contributed by atoms with E-state index in [4.69, 9.17) is 21.1 Å². The van der Waals surface area contributed by atoms with E-state index in [9.17, 15) is 0 Å². The van der Waals surface area contributed by atoms with Gasteiger partial charge in [0, 0.05) is 6.07 Å². The van der Waals surface area contributed by atoms with Gasteiger partial charge in [-0.15, -0.1) is 0 Å². The van der Waals surface area contributed by atoms with Crippen molar-refractivity contribution in [3.8, 4) is 11.5 Å². The fourth-order valence-electron chi connectivity index (χ4n) is 0.881. The second-order valence-corrected chi connectivity index (χ2v) is 2.64. The van der Waals surface area contributed by atoms with Crippen molar-refractivity contribution < 1.29 is 9.47 Å². The largest absolute Gasteiger partial charge is 0.497 e. The first-order chi connectivity index (χ1) is 5.77. The third kappa shape index (κ3) is 2.05. The van der Waals surface area contributed by atoms with Crippen LogP contribution < -0.4 is 9.47 Å². The summed E-state index contributed by atoms with van der Waals surface area (Å²) in [6, 6.07) is 5.34. The van der Waals surface area contributed by atoms with E-state index in [1.165, 1.54) is 0 Å². The molecule has 1 aromatic carbocycles. The highest BCUT2D eigenvalue weighted by atomic mass is 35.5. The second kappa shape index (κ2) is 4.21. The van der Waals surface area contributed by atoms with Crippen LogP contribution in [0.1, 0.15) is 6.92 Å². The van der Waals surface area contributed by atoms with E-state index in [0.717, 1.165) is 5.75 Å². The molecular weight excluding hydrogens is 176 g/mol. The predicted molar refractivity (Wildman–Crippen MR) is 49.2 cm³/mol. The molecule has 66 valence electrons. The molecule has 0 aliphatic carbocycles. The topological polar surface area (TPSA) is 18.5 Å². The molecule has 0 saturated carbocycles. The summed E-state index contributed by atoms with van der Waals surface area (Å²) in [5, 5.41) is 0.580. The predicted octanol–water partition coefficient (Wildman–Crippen LogP) is 2.75. The van der Waals surface area contributed by atoms with Crippen molar-refractivity contribution in [2.45, 2.75) is 6.92 Å². The van der Waals surface area contributed by atoms with E-state index >= 15 is 0 Å². The van der Waals surface area contributed by atoms with Crippen molar-refractivity contribution in [1.82, 2.24) is 0 Å². The molecule has 1 rings (SSSR count). The van der Waals surface area contributed by atoms with Crippen LogP contribution in [0, 0.1) is 0 Å². The lowest BCUT2D eigenvalue weighted by Crippen LogP contribution is -1.92. The second-order valence-electron chi connectivity index (χ2n) is 2.23. The summed E-state index contributed by atoms with van der Waals surface area (Å²) >= 11 is 5.88. The van der Waals surface area contributed by atoms with Gasteiger partial charge < -0.3 is 9.47 Å². The lowest BCUT2D eigenvalue weighted by Gasteiger charge is -2.06. The number of benzene rings is 1. The molecule has 2 nitrogen and oxygen atoms in total. The molecule has 3 heteroatoms. The Hall–Kier alpha value is -0.890. The normalized spacial score (nSPS) is 9.58. The Morgan fingerprint density at radius 3 is 2.67 bits per heavy atom. The molecule has 0 unspecified atom stereocenters. The van der Waals surface area contributed by atoms with Gasteiger partial charge in [-0.05, 0) is 19.1 Å². The van der Waals surface area contributed by atoms with E-state index < -0.39 is 0 Å². The first-order valence-corrected chi connectivity index (χ1v) is 4.12. The van der Waals surface area contributed by atoms with Crippen LogP contribution in [0.25, 0.3) is 0 Å². The van der Waals surface area contributed by atoms with Crippen LogP contribution in [-0.2, 0) is 0 Å². The maximum atomic E-state index is 5.88. The molecule has 1 aromatic rings. The summed E-state index contributed by atoms with van der Waals surface area (Å²) < 4.78 is 10.2. The minimum absolute atomic E-state index is 0.580. The van der Waals surface area contributed by atoms with Crippen LogP contribution in [0.3, 0.4) is 0 Å². The number of methoxy groups -OCH3 is 1. The van der Waals surface area contributed by atoms with Gasteiger partial charge in [-0.3, -0.25) is 0 Å². The Morgan fingerprint density at radius 1 is 1.42 bits per heavy atom. The van der Waals surface area contributed by atoms with Gasteiger partial charge >= 0.3 is 0 Å². The minimum atomic E-state index is 0.580. The maximum Gasteiger partial charge on any atom is 0.138 e. The zero-order valence-corrected chi connectivity index (χ0v) is 7.89. The number of halogens is 1. The zero-order chi connectivity index (χ0) is 8.97. The van der Waals surface area contributed by atoms with Crippen molar-refractivity contribution in [2.75, 3.05) is 13.7 Å². The van der Waals surface area contributed by atoms with E-state index in [2.05, 4.69) is 0 Å². The van der Waals surface area contributed by atoms with Crippen molar-refractivity contribution in [2.24, 2.45) is 0 Å². The lowest BCUT2D eigenvalue weighted by atomic mass is 10.3. The quantitative estimate of drug-likeness (QED) is 0.723. The lowest BCUT2D eigenvalue weighted by molar-refractivity contribution is 0.339. The molecule has 12 heavy (non-hydrogen) atoms. The maximum absolute atomic E-state index is 5.88. The van der Waals surface area contributed by atoms with E-state index in [1.54, 1.807) is 19.2 Å². The molecule has 0 atom stereocenters. The van der Waals surface area contributed by atoms with Crippen molar-refractivity contribution >= 4 is 11.6 Å². The minimum Gasteiger partial charge on any atom is -0.497 e. The highest BCUT2D eigenvalue weighted by Gasteiger charge is 2.01. The molecule has 0 aromatic heterocycles. The van der Waals surface area contributed by atoms with Crippen LogP contribution in [0.4, 0.5) is 0 Å². The fraction of sp³-hybridized carbons (Fsp3) is 0.333. The van der Waals surface area contributed by atoms with E-state index in [-0.39, 0.29) is 0 Å². The SMILES string of the molecule is CCOc1ccc(OC)cc1Cl. The third-order valence-corrected chi connectivity index (χ3v) is 1.73. The Labute approximate surface area is 77.1 Å². The molecule has 0 amide bonds. The molecule has 0 bridgehead atoms. The molecule has 0 saturated heterocycles. The summed E-state index contributed by atoms with van der Waals surface area (Å²) in [4.78, 5) is 0. The van der Waals surface area contributed by atoms with Crippen LogP contribution in [0.15, 0.2) is 18.2 Å². The standard InChI is InChI=1S/C9H11ClO2/c1-3-12-9-5-4-7(11-2)6-8(9)10/h4-6H,3H2,1-2H3. The van der Waals surface area contributed by atoms with Gasteiger partial charge in [0.2, 0.25) is 0 Å². The molecule has 0 N–H and O–H groups in total. The van der Waals surface area contributed by atoms with Crippen LogP contribution in [-0.4, -0.2) is 13.7 Å². The molecular formula is C9H11ClO2. The number of rotatable bonds is 3. The van der Waals surface area contributed by atoms with E-state index in [1.807, 2.05) is 13.0 Å².